The first kappa shape index (κ1) is 23.0. The molecule has 1 heterocycles. The molecule has 0 bridgehead atoms. The van der Waals surface area contributed by atoms with Gasteiger partial charge in [0.25, 0.3) is 21.8 Å². The van der Waals surface area contributed by atoms with Gasteiger partial charge in [-0.05, 0) is 54.6 Å². The standard InChI is InChI=1S/C22H17F2N3O6S/c23-16-10-9-15(11-17(16)24)34(30,31)27-14-7-5-13(6-8-14)21(28)25-26-22(29)20-12-32-18-3-1-2-4-19(18)33-20/h1-11,20,27H,12H2,(H,25,28)(H,26,29). The SMILES string of the molecule is O=C(NNC(=O)C1COc2ccccc2O1)c1ccc(NS(=O)(=O)c2ccc(F)c(F)c2)cc1. The van der Waals surface area contributed by atoms with E-state index in [1.54, 1.807) is 24.3 Å². The number of rotatable bonds is 5. The number of halogens is 2. The number of anilines is 1. The van der Waals surface area contributed by atoms with Gasteiger partial charge in [-0.2, -0.15) is 0 Å². The van der Waals surface area contributed by atoms with E-state index in [4.69, 9.17) is 9.47 Å². The van der Waals surface area contributed by atoms with Crippen molar-refractivity contribution in [1.29, 1.82) is 0 Å². The van der Waals surface area contributed by atoms with Crippen molar-refractivity contribution in [3.8, 4) is 11.5 Å². The zero-order valence-corrected chi connectivity index (χ0v) is 18.1. The lowest BCUT2D eigenvalue weighted by molar-refractivity contribution is -0.131. The van der Waals surface area contributed by atoms with Crippen molar-refractivity contribution < 1.29 is 36.3 Å². The fraction of sp³-hybridized carbons (Fsp3) is 0.0909. The van der Waals surface area contributed by atoms with E-state index in [0.29, 0.717) is 23.6 Å². The number of fused-ring (bicyclic) bond motifs is 1. The number of nitrogens with one attached hydrogen (secondary N) is 3. The van der Waals surface area contributed by atoms with Crippen molar-refractivity contribution in [2.24, 2.45) is 0 Å². The van der Waals surface area contributed by atoms with Crippen LogP contribution in [0, 0.1) is 11.6 Å². The molecule has 2 amide bonds. The third-order valence-electron chi connectivity index (χ3n) is 4.70. The summed E-state index contributed by atoms with van der Waals surface area (Å²) in [7, 11) is -4.18. The van der Waals surface area contributed by atoms with Crippen molar-refractivity contribution in [3.05, 3.63) is 83.9 Å². The van der Waals surface area contributed by atoms with E-state index >= 15 is 0 Å². The zero-order valence-electron chi connectivity index (χ0n) is 17.2. The Kier molecular flexibility index (Phi) is 6.32. The molecule has 0 spiro atoms. The van der Waals surface area contributed by atoms with E-state index in [9.17, 15) is 26.8 Å². The number of para-hydroxylation sites is 2. The number of ether oxygens (including phenoxy) is 2. The van der Waals surface area contributed by atoms with E-state index in [0.717, 1.165) is 6.07 Å². The Bertz CT molecular complexity index is 1350. The van der Waals surface area contributed by atoms with Gasteiger partial charge in [0.15, 0.2) is 23.1 Å². The molecule has 1 unspecified atom stereocenters. The second-order valence-corrected chi connectivity index (χ2v) is 8.75. The van der Waals surface area contributed by atoms with Gasteiger partial charge in [0, 0.05) is 11.3 Å². The molecular formula is C22H17F2N3O6S. The van der Waals surface area contributed by atoms with Gasteiger partial charge in [-0.3, -0.25) is 25.2 Å². The molecule has 0 saturated heterocycles. The van der Waals surface area contributed by atoms with E-state index < -0.39 is 44.5 Å². The lowest BCUT2D eigenvalue weighted by atomic mass is 10.2. The summed E-state index contributed by atoms with van der Waals surface area (Å²) in [6.07, 6.45) is -0.969. The van der Waals surface area contributed by atoms with Crippen LogP contribution in [-0.2, 0) is 14.8 Å². The van der Waals surface area contributed by atoms with Crippen LogP contribution in [0.5, 0.6) is 11.5 Å². The van der Waals surface area contributed by atoms with Crippen molar-refractivity contribution in [1.82, 2.24) is 10.9 Å². The largest absolute Gasteiger partial charge is 0.485 e. The second-order valence-electron chi connectivity index (χ2n) is 7.07. The van der Waals surface area contributed by atoms with E-state index in [2.05, 4.69) is 15.6 Å². The monoisotopic (exact) mass is 489 g/mol. The minimum Gasteiger partial charge on any atom is -0.485 e. The fourth-order valence-corrected chi connectivity index (χ4v) is 4.04. The predicted molar refractivity (Wildman–Crippen MR) is 116 cm³/mol. The highest BCUT2D eigenvalue weighted by atomic mass is 32.2. The molecule has 3 aromatic carbocycles. The van der Waals surface area contributed by atoms with Crippen molar-refractivity contribution in [2.75, 3.05) is 11.3 Å². The third kappa shape index (κ3) is 5.07. The van der Waals surface area contributed by atoms with E-state index in [1.807, 2.05) is 0 Å². The predicted octanol–water partition coefficient (Wildman–Crippen LogP) is 2.37. The normalized spacial score (nSPS) is 14.7. The Morgan fingerprint density at radius 1 is 0.882 bits per heavy atom. The molecule has 1 aliphatic rings. The van der Waals surface area contributed by atoms with Gasteiger partial charge >= 0.3 is 0 Å². The first-order valence-corrected chi connectivity index (χ1v) is 11.3. The number of benzene rings is 3. The first-order valence-electron chi connectivity index (χ1n) is 9.79. The highest BCUT2D eigenvalue weighted by Crippen LogP contribution is 2.30. The Hall–Kier alpha value is -4.19. The molecule has 0 radical (unpaired) electrons. The molecule has 3 aromatic rings. The molecular weight excluding hydrogens is 472 g/mol. The minimum absolute atomic E-state index is 0.0362. The summed E-state index contributed by atoms with van der Waals surface area (Å²) >= 11 is 0. The topological polar surface area (TPSA) is 123 Å². The Labute approximate surface area is 192 Å². The lowest BCUT2D eigenvalue weighted by Crippen LogP contribution is -2.50. The van der Waals surface area contributed by atoms with Crippen molar-refractivity contribution >= 4 is 27.5 Å². The van der Waals surface area contributed by atoms with Crippen LogP contribution >= 0.6 is 0 Å². The van der Waals surface area contributed by atoms with Gasteiger partial charge in [0.05, 0.1) is 4.90 Å². The highest BCUT2D eigenvalue weighted by Gasteiger charge is 2.27. The fourth-order valence-electron chi connectivity index (χ4n) is 2.97. The van der Waals surface area contributed by atoms with Crippen LogP contribution in [-0.4, -0.2) is 32.9 Å². The Morgan fingerprint density at radius 2 is 1.59 bits per heavy atom. The zero-order chi connectivity index (χ0) is 24.3. The number of hydrogen-bond acceptors (Lipinski definition) is 6. The summed E-state index contributed by atoms with van der Waals surface area (Å²) < 4.78 is 64.3. The molecule has 0 aliphatic carbocycles. The van der Waals surface area contributed by atoms with Gasteiger partial charge in [-0.15, -0.1) is 0 Å². The van der Waals surface area contributed by atoms with Crippen LogP contribution in [0.3, 0.4) is 0 Å². The van der Waals surface area contributed by atoms with E-state index in [-0.39, 0.29) is 17.9 Å². The second kappa shape index (κ2) is 9.35. The molecule has 9 nitrogen and oxygen atoms in total. The van der Waals surface area contributed by atoms with Crippen molar-refractivity contribution in [2.45, 2.75) is 11.0 Å². The summed E-state index contributed by atoms with van der Waals surface area (Å²) in [5.41, 5.74) is 4.67. The van der Waals surface area contributed by atoms with Gasteiger partial charge in [0.2, 0.25) is 6.10 Å². The molecule has 1 atom stereocenters. The molecule has 3 N–H and O–H groups in total. The van der Waals surface area contributed by atoms with E-state index in [1.165, 1.54) is 24.3 Å². The number of hydrazine groups is 1. The number of amides is 2. The maximum Gasteiger partial charge on any atom is 0.283 e. The van der Waals surface area contributed by atoms with Crippen LogP contribution in [0.25, 0.3) is 0 Å². The summed E-state index contributed by atoms with van der Waals surface area (Å²) in [4.78, 5) is 24.1. The molecule has 0 fully saturated rings. The molecule has 0 aromatic heterocycles. The van der Waals surface area contributed by atoms with Crippen LogP contribution in [0.2, 0.25) is 0 Å². The highest BCUT2D eigenvalue weighted by molar-refractivity contribution is 7.92. The molecule has 0 saturated carbocycles. The Balaban J connectivity index is 1.33. The number of hydrogen-bond donors (Lipinski definition) is 3. The molecule has 4 rings (SSSR count). The number of carbonyl (C=O) groups excluding carboxylic acids is 2. The average molecular weight is 489 g/mol. The molecule has 34 heavy (non-hydrogen) atoms. The summed E-state index contributed by atoms with van der Waals surface area (Å²) in [6.45, 7) is -0.0362. The molecule has 1 aliphatic heterocycles. The Morgan fingerprint density at radius 3 is 2.29 bits per heavy atom. The lowest BCUT2D eigenvalue weighted by Gasteiger charge is -2.25. The van der Waals surface area contributed by atoms with Crippen LogP contribution in [0.4, 0.5) is 14.5 Å². The smallest absolute Gasteiger partial charge is 0.283 e. The summed E-state index contributed by atoms with van der Waals surface area (Å²) in [5.74, 6) is -2.85. The van der Waals surface area contributed by atoms with Crippen LogP contribution < -0.4 is 25.0 Å². The van der Waals surface area contributed by atoms with Crippen molar-refractivity contribution in [3.63, 3.8) is 0 Å². The van der Waals surface area contributed by atoms with Crippen LogP contribution in [0.1, 0.15) is 10.4 Å². The van der Waals surface area contributed by atoms with Gasteiger partial charge in [-0.1, -0.05) is 12.1 Å². The average Bonchev–Trinajstić information content (AvgIpc) is 2.83. The molecule has 176 valence electrons. The number of carbonyl (C=O) groups is 2. The minimum atomic E-state index is -4.18. The van der Waals surface area contributed by atoms with Gasteiger partial charge in [-0.25, -0.2) is 17.2 Å². The maximum absolute atomic E-state index is 13.3. The maximum atomic E-state index is 13.3. The summed E-state index contributed by atoms with van der Waals surface area (Å²) in [6, 6.07) is 14.2. The number of sulfonamides is 1. The molecule has 12 heteroatoms. The first-order chi connectivity index (χ1) is 16.2. The quantitative estimate of drug-likeness (QED) is 0.473. The van der Waals surface area contributed by atoms with Gasteiger partial charge < -0.3 is 9.47 Å². The summed E-state index contributed by atoms with van der Waals surface area (Å²) in [5, 5.41) is 0. The van der Waals surface area contributed by atoms with Gasteiger partial charge in [0.1, 0.15) is 6.61 Å². The third-order valence-corrected chi connectivity index (χ3v) is 6.08. The van der Waals surface area contributed by atoms with Crippen LogP contribution in [0.15, 0.2) is 71.6 Å².